The van der Waals surface area contributed by atoms with Gasteiger partial charge in [0.2, 0.25) is 0 Å². The predicted octanol–water partition coefficient (Wildman–Crippen LogP) is 2.54. The molecule has 1 saturated carbocycles. The second-order valence-electron chi connectivity index (χ2n) is 4.91. The van der Waals surface area contributed by atoms with E-state index in [9.17, 15) is 0 Å². The molecule has 92 valence electrons. The average Bonchev–Trinajstić information content (AvgIpc) is 2.24. The van der Waals surface area contributed by atoms with Gasteiger partial charge < -0.3 is 5.73 Å². The van der Waals surface area contributed by atoms with E-state index in [1.54, 1.807) is 0 Å². The molecule has 1 aromatic rings. The lowest BCUT2D eigenvalue weighted by Crippen LogP contribution is -2.41. The van der Waals surface area contributed by atoms with Crippen molar-refractivity contribution in [3.63, 3.8) is 0 Å². The normalized spacial score (nSPS) is 17.8. The lowest BCUT2D eigenvalue weighted by atomic mass is 9.89. The van der Waals surface area contributed by atoms with Crippen molar-refractivity contribution >= 4 is 5.84 Å². The van der Waals surface area contributed by atoms with Crippen molar-refractivity contribution in [1.29, 1.82) is 5.41 Å². The summed E-state index contributed by atoms with van der Waals surface area (Å²) in [5.74, 6) is 0.269. The number of rotatable bonds is 5. The van der Waals surface area contributed by atoms with Crippen LogP contribution in [-0.2, 0) is 0 Å². The third-order valence-corrected chi connectivity index (χ3v) is 3.74. The Morgan fingerprint density at radius 1 is 1.41 bits per heavy atom. The number of benzene rings is 1. The fraction of sp³-hybridized carbons (Fsp3) is 0.500. The van der Waals surface area contributed by atoms with Gasteiger partial charge in [0.1, 0.15) is 0 Å². The van der Waals surface area contributed by atoms with E-state index in [1.807, 2.05) is 6.07 Å². The Bertz CT molecular complexity index is 370. The first-order chi connectivity index (χ1) is 8.18. The van der Waals surface area contributed by atoms with E-state index in [4.69, 9.17) is 11.1 Å². The molecule has 2 rings (SSSR count). The minimum Gasteiger partial charge on any atom is -0.388 e. The van der Waals surface area contributed by atoms with Gasteiger partial charge in [0.25, 0.3) is 0 Å². The van der Waals surface area contributed by atoms with E-state index in [0.717, 1.165) is 0 Å². The van der Waals surface area contributed by atoms with E-state index in [2.05, 4.69) is 36.2 Å². The molecule has 0 radical (unpaired) electrons. The first kappa shape index (κ1) is 12.1. The lowest BCUT2D eigenvalue weighted by Gasteiger charge is -2.40. The number of nitrogens with two attached hydrogens (primary N) is 1. The molecule has 3 heteroatoms. The van der Waals surface area contributed by atoms with E-state index < -0.39 is 0 Å². The van der Waals surface area contributed by atoms with Crippen LogP contribution < -0.4 is 5.73 Å². The first-order valence-electron chi connectivity index (χ1n) is 6.28. The molecule has 1 aliphatic carbocycles. The van der Waals surface area contributed by atoms with Gasteiger partial charge >= 0.3 is 0 Å². The van der Waals surface area contributed by atoms with Crippen LogP contribution in [0.3, 0.4) is 0 Å². The summed E-state index contributed by atoms with van der Waals surface area (Å²) < 4.78 is 0. The van der Waals surface area contributed by atoms with Gasteiger partial charge in [-0.2, -0.15) is 0 Å². The molecule has 17 heavy (non-hydrogen) atoms. The van der Waals surface area contributed by atoms with Crippen LogP contribution in [0.4, 0.5) is 0 Å². The average molecular weight is 231 g/mol. The zero-order chi connectivity index (χ0) is 12.3. The minimum absolute atomic E-state index is 0.249. The Morgan fingerprint density at radius 3 is 2.53 bits per heavy atom. The fourth-order valence-electron chi connectivity index (χ4n) is 2.43. The summed E-state index contributed by atoms with van der Waals surface area (Å²) >= 11 is 0. The van der Waals surface area contributed by atoms with Gasteiger partial charge in [-0.05, 0) is 25.5 Å². The molecular weight excluding hydrogens is 210 g/mol. The smallest absolute Gasteiger partial charge is 0.0924 e. The molecule has 1 unspecified atom stereocenters. The molecule has 1 fully saturated rings. The monoisotopic (exact) mass is 231 g/mol. The minimum atomic E-state index is 0.249. The summed E-state index contributed by atoms with van der Waals surface area (Å²) in [6.07, 6.45) is 4.50. The molecule has 0 heterocycles. The number of amidine groups is 1. The van der Waals surface area contributed by atoms with E-state index in [1.165, 1.54) is 24.8 Å². The van der Waals surface area contributed by atoms with Crippen molar-refractivity contribution in [2.75, 3.05) is 7.05 Å². The van der Waals surface area contributed by atoms with Crippen LogP contribution in [-0.4, -0.2) is 23.8 Å². The maximum atomic E-state index is 7.53. The Hall–Kier alpha value is -1.35. The molecule has 0 bridgehead atoms. The standard InChI is InChI=1S/C14H21N3/c1-17(12-8-5-9-12)13(10-14(15)16)11-6-3-2-4-7-11/h2-4,6-7,12-13H,5,8-10H2,1H3,(H3,15,16). The van der Waals surface area contributed by atoms with E-state index in [0.29, 0.717) is 12.5 Å². The Kier molecular flexibility index (Phi) is 3.79. The highest BCUT2D eigenvalue weighted by atomic mass is 15.2. The van der Waals surface area contributed by atoms with Crippen LogP contribution in [0.15, 0.2) is 30.3 Å². The van der Waals surface area contributed by atoms with Gasteiger partial charge in [-0.25, -0.2) is 0 Å². The molecule has 0 aliphatic heterocycles. The van der Waals surface area contributed by atoms with Gasteiger partial charge in [0.05, 0.1) is 5.84 Å². The SMILES string of the molecule is CN(C1CCC1)C(CC(=N)N)c1ccccc1. The molecule has 3 N–H and O–H groups in total. The van der Waals surface area contributed by atoms with Crippen LogP contribution in [0.1, 0.15) is 37.3 Å². The molecule has 1 aromatic carbocycles. The second kappa shape index (κ2) is 5.32. The molecule has 0 aromatic heterocycles. The van der Waals surface area contributed by atoms with Crippen molar-refractivity contribution in [2.24, 2.45) is 5.73 Å². The quantitative estimate of drug-likeness (QED) is 0.604. The van der Waals surface area contributed by atoms with Crippen molar-refractivity contribution in [2.45, 2.75) is 37.8 Å². The van der Waals surface area contributed by atoms with Gasteiger partial charge in [-0.15, -0.1) is 0 Å². The first-order valence-corrected chi connectivity index (χ1v) is 6.28. The molecule has 0 spiro atoms. The zero-order valence-electron chi connectivity index (χ0n) is 10.4. The highest BCUT2D eigenvalue weighted by Gasteiger charge is 2.28. The van der Waals surface area contributed by atoms with Crippen molar-refractivity contribution in [3.05, 3.63) is 35.9 Å². The maximum absolute atomic E-state index is 7.53. The highest BCUT2D eigenvalue weighted by molar-refractivity contribution is 5.77. The Balaban J connectivity index is 2.15. The predicted molar refractivity (Wildman–Crippen MR) is 71.1 cm³/mol. The largest absolute Gasteiger partial charge is 0.388 e. The fourth-order valence-corrected chi connectivity index (χ4v) is 2.43. The Labute approximate surface area is 103 Å². The van der Waals surface area contributed by atoms with Crippen molar-refractivity contribution in [1.82, 2.24) is 4.90 Å². The number of nitrogens with one attached hydrogen (secondary N) is 1. The molecular formula is C14H21N3. The molecule has 0 saturated heterocycles. The summed E-state index contributed by atoms with van der Waals surface area (Å²) in [4.78, 5) is 2.39. The van der Waals surface area contributed by atoms with Crippen LogP contribution in [0.25, 0.3) is 0 Å². The van der Waals surface area contributed by atoms with Crippen molar-refractivity contribution < 1.29 is 0 Å². The third kappa shape index (κ3) is 2.86. The number of nitrogens with zero attached hydrogens (tertiary/aromatic N) is 1. The number of hydrogen-bond donors (Lipinski definition) is 2. The third-order valence-electron chi connectivity index (χ3n) is 3.74. The zero-order valence-corrected chi connectivity index (χ0v) is 10.4. The summed E-state index contributed by atoms with van der Waals surface area (Å²) in [5.41, 5.74) is 6.85. The van der Waals surface area contributed by atoms with Crippen LogP contribution in [0.2, 0.25) is 0 Å². The molecule has 1 atom stereocenters. The van der Waals surface area contributed by atoms with Gasteiger partial charge in [-0.1, -0.05) is 36.8 Å². The molecule has 3 nitrogen and oxygen atoms in total. The van der Waals surface area contributed by atoms with Gasteiger partial charge in [0, 0.05) is 18.5 Å². The lowest BCUT2D eigenvalue weighted by molar-refractivity contribution is 0.112. The van der Waals surface area contributed by atoms with Gasteiger partial charge in [-0.3, -0.25) is 10.3 Å². The molecule has 0 amide bonds. The van der Waals surface area contributed by atoms with Crippen LogP contribution in [0.5, 0.6) is 0 Å². The summed E-state index contributed by atoms with van der Waals surface area (Å²) in [6, 6.07) is 11.3. The summed E-state index contributed by atoms with van der Waals surface area (Å²) in [5, 5.41) is 7.53. The highest BCUT2D eigenvalue weighted by Crippen LogP contribution is 2.32. The number of hydrogen-bond acceptors (Lipinski definition) is 2. The Morgan fingerprint density at radius 2 is 2.06 bits per heavy atom. The molecule has 1 aliphatic rings. The summed E-state index contributed by atoms with van der Waals surface area (Å²) in [7, 11) is 2.16. The van der Waals surface area contributed by atoms with Crippen LogP contribution in [0, 0.1) is 5.41 Å². The topological polar surface area (TPSA) is 53.1 Å². The van der Waals surface area contributed by atoms with Gasteiger partial charge in [0.15, 0.2) is 0 Å². The maximum Gasteiger partial charge on any atom is 0.0924 e. The van der Waals surface area contributed by atoms with E-state index >= 15 is 0 Å². The van der Waals surface area contributed by atoms with Crippen molar-refractivity contribution in [3.8, 4) is 0 Å². The van der Waals surface area contributed by atoms with Crippen LogP contribution >= 0.6 is 0 Å². The summed E-state index contributed by atoms with van der Waals surface area (Å²) in [6.45, 7) is 0. The second-order valence-corrected chi connectivity index (χ2v) is 4.91. The van der Waals surface area contributed by atoms with E-state index in [-0.39, 0.29) is 11.9 Å².